The van der Waals surface area contributed by atoms with Gasteiger partial charge < -0.3 is 30.3 Å². The van der Waals surface area contributed by atoms with E-state index in [9.17, 15) is 9.18 Å². The Morgan fingerprint density at radius 1 is 1.02 bits per heavy atom. The van der Waals surface area contributed by atoms with Crippen molar-refractivity contribution in [2.75, 3.05) is 54.3 Å². The molecule has 1 amide bonds. The van der Waals surface area contributed by atoms with Crippen LogP contribution in [0.15, 0.2) is 85.6 Å². The van der Waals surface area contributed by atoms with Gasteiger partial charge in [0, 0.05) is 47.5 Å². The van der Waals surface area contributed by atoms with Crippen molar-refractivity contribution in [3.05, 3.63) is 91.4 Å². The number of nitrogens with zero attached hydrogens (tertiary/aromatic N) is 3. The minimum absolute atomic E-state index is 0.359. The van der Waals surface area contributed by atoms with Crippen LogP contribution in [0.1, 0.15) is 0 Å². The minimum atomic E-state index is -0.373. The van der Waals surface area contributed by atoms with Crippen LogP contribution in [-0.2, 0) is 9.53 Å². The monoisotopic (exact) mass is 540 g/mol. The SMILES string of the molecule is C=CC(=O)Nc1cc(OC)cc(-c2nc(Nc3cccc(N4CCOCC4)c3)ncc2Nc2cccc(F)c2)c1. The third kappa shape index (κ3) is 6.54. The Morgan fingerprint density at radius 2 is 1.80 bits per heavy atom. The third-order valence-corrected chi connectivity index (χ3v) is 6.24. The predicted octanol–water partition coefficient (Wildman–Crippen LogP) is 5.74. The molecule has 9 nitrogen and oxygen atoms in total. The van der Waals surface area contributed by atoms with Crippen molar-refractivity contribution in [3.63, 3.8) is 0 Å². The normalized spacial score (nSPS) is 12.9. The van der Waals surface area contributed by atoms with Gasteiger partial charge in [-0.3, -0.25) is 4.79 Å². The van der Waals surface area contributed by atoms with E-state index >= 15 is 0 Å². The van der Waals surface area contributed by atoms with Crippen molar-refractivity contribution in [1.29, 1.82) is 0 Å². The first-order valence-corrected chi connectivity index (χ1v) is 12.7. The number of halogens is 1. The quantitative estimate of drug-likeness (QED) is 0.231. The average Bonchev–Trinajstić information content (AvgIpc) is 2.98. The number of rotatable bonds is 9. The number of anilines is 6. The van der Waals surface area contributed by atoms with Gasteiger partial charge in [-0.2, -0.15) is 0 Å². The van der Waals surface area contributed by atoms with Crippen LogP contribution in [0.25, 0.3) is 11.3 Å². The van der Waals surface area contributed by atoms with Gasteiger partial charge in [0.1, 0.15) is 11.6 Å². The molecule has 0 atom stereocenters. The van der Waals surface area contributed by atoms with Crippen LogP contribution in [0.2, 0.25) is 0 Å². The van der Waals surface area contributed by atoms with Crippen LogP contribution < -0.4 is 25.6 Å². The molecule has 0 bridgehead atoms. The molecule has 0 radical (unpaired) electrons. The lowest BCUT2D eigenvalue weighted by molar-refractivity contribution is -0.111. The lowest BCUT2D eigenvalue weighted by atomic mass is 10.1. The number of amides is 1. The second-order valence-corrected chi connectivity index (χ2v) is 9.01. The first-order chi connectivity index (χ1) is 19.5. The third-order valence-electron chi connectivity index (χ3n) is 6.24. The molecule has 10 heteroatoms. The van der Waals surface area contributed by atoms with Crippen LogP contribution in [0.4, 0.5) is 38.8 Å². The molecule has 5 rings (SSSR count). The molecule has 0 unspecified atom stereocenters. The molecule has 0 saturated carbocycles. The number of benzene rings is 3. The van der Waals surface area contributed by atoms with Crippen molar-refractivity contribution in [3.8, 4) is 17.0 Å². The van der Waals surface area contributed by atoms with Crippen molar-refractivity contribution < 1.29 is 18.7 Å². The average molecular weight is 541 g/mol. The highest BCUT2D eigenvalue weighted by molar-refractivity contribution is 5.99. The Bertz CT molecular complexity index is 1520. The number of hydrogen-bond donors (Lipinski definition) is 3. The van der Waals surface area contributed by atoms with E-state index in [2.05, 4.69) is 38.5 Å². The molecule has 2 heterocycles. The Hall–Kier alpha value is -4.96. The molecule has 0 spiro atoms. The zero-order chi connectivity index (χ0) is 27.9. The summed E-state index contributed by atoms with van der Waals surface area (Å²) >= 11 is 0. The molecule has 1 fully saturated rings. The summed E-state index contributed by atoms with van der Waals surface area (Å²) in [7, 11) is 1.54. The second kappa shape index (κ2) is 12.3. The summed E-state index contributed by atoms with van der Waals surface area (Å²) in [6, 6.07) is 19.4. The molecule has 3 N–H and O–H groups in total. The maximum Gasteiger partial charge on any atom is 0.247 e. The molecule has 1 saturated heterocycles. The molecule has 1 aromatic heterocycles. The number of carbonyl (C=O) groups is 1. The Morgan fingerprint density at radius 3 is 2.55 bits per heavy atom. The van der Waals surface area contributed by atoms with Crippen LogP contribution in [0, 0.1) is 5.82 Å². The predicted molar refractivity (Wildman–Crippen MR) is 155 cm³/mol. The molecular formula is C30H29FN6O3. The van der Waals surface area contributed by atoms with Gasteiger partial charge in [-0.25, -0.2) is 14.4 Å². The summed E-state index contributed by atoms with van der Waals surface area (Å²) in [6.07, 6.45) is 2.82. The summed E-state index contributed by atoms with van der Waals surface area (Å²) in [6.45, 7) is 6.55. The van der Waals surface area contributed by atoms with E-state index in [0.717, 1.165) is 24.5 Å². The zero-order valence-electron chi connectivity index (χ0n) is 22.0. The fourth-order valence-electron chi connectivity index (χ4n) is 4.33. The zero-order valence-corrected chi connectivity index (χ0v) is 22.0. The molecule has 0 aliphatic carbocycles. The summed E-state index contributed by atoms with van der Waals surface area (Å²) in [5.41, 5.74) is 4.63. The number of nitrogens with one attached hydrogen (secondary N) is 3. The van der Waals surface area contributed by atoms with Gasteiger partial charge in [0.05, 0.1) is 37.9 Å². The van der Waals surface area contributed by atoms with E-state index in [1.807, 2.05) is 18.2 Å². The van der Waals surface area contributed by atoms with Gasteiger partial charge in [-0.15, -0.1) is 0 Å². The Kier molecular flexibility index (Phi) is 8.17. The van der Waals surface area contributed by atoms with Crippen LogP contribution in [-0.4, -0.2) is 49.3 Å². The summed E-state index contributed by atoms with van der Waals surface area (Å²) in [5, 5.41) is 9.27. The van der Waals surface area contributed by atoms with Gasteiger partial charge in [-0.1, -0.05) is 18.7 Å². The van der Waals surface area contributed by atoms with E-state index in [1.165, 1.54) is 18.2 Å². The van der Waals surface area contributed by atoms with Gasteiger partial charge in [0.25, 0.3) is 0 Å². The lowest BCUT2D eigenvalue weighted by Gasteiger charge is -2.29. The number of aromatic nitrogens is 2. The first-order valence-electron chi connectivity index (χ1n) is 12.7. The van der Waals surface area contributed by atoms with E-state index in [1.54, 1.807) is 43.6 Å². The molecule has 1 aliphatic rings. The van der Waals surface area contributed by atoms with Gasteiger partial charge >= 0.3 is 0 Å². The minimum Gasteiger partial charge on any atom is -0.497 e. The van der Waals surface area contributed by atoms with E-state index in [0.29, 0.717) is 53.2 Å². The number of hydrogen-bond acceptors (Lipinski definition) is 8. The van der Waals surface area contributed by atoms with Gasteiger partial charge in [-0.05, 0) is 54.6 Å². The molecule has 204 valence electrons. The van der Waals surface area contributed by atoms with E-state index in [-0.39, 0.29) is 11.7 Å². The summed E-state index contributed by atoms with van der Waals surface area (Å²) < 4.78 is 24.9. The van der Waals surface area contributed by atoms with Gasteiger partial charge in [0.15, 0.2) is 0 Å². The lowest BCUT2D eigenvalue weighted by Crippen LogP contribution is -2.36. The van der Waals surface area contributed by atoms with Crippen molar-refractivity contribution in [2.24, 2.45) is 0 Å². The smallest absolute Gasteiger partial charge is 0.247 e. The largest absolute Gasteiger partial charge is 0.497 e. The van der Waals surface area contributed by atoms with Crippen molar-refractivity contribution in [2.45, 2.75) is 0 Å². The number of methoxy groups -OCH3 is 1. The summed E-state index contributed by atoms with van der Waals surface area (Å²) in [5.74, 6) is 0.141. The maximum absolute atomic E-state index is 13.9. The molecule has 1 aliphatic heterocycles. The Labute approximate surface area is 231 Å². The fraction of sp³-hybridized carbons (Fsp3) is 0.167. The molecule has 40 heavy (non-hydrogen) atoms. The molecular weight excluding hydrogens is 511 g/mol. The molecule has 4 aromatic rings. The van der Waals surface area contributed by atoms with E-state index in [4.69, 9.17) is 14.5 Å². The Balaban J connectivity index is 1.52. The second-order valence-electron chi connectivity index (χ2n) is 9.01. The fourth-order valence-corrected chi connectivity index (χ4v) is 4.33. The van der Waals surface area contributed by atoms with Crippen LogP contribution in [0.5, 0.6) is 5.75 Å². The highest BCUT2D eigenvalue weighted by atomic mass is 19.1. The number of carbonyl (C=O) groups excluding carboxylic acids is 1. The number of morpholine rings is 1. The van der Waals surface area contributed by atoms with Crippen LogP contribution in [0.3, 0.4) is 0 Å². The maximum atomic E-state index is 13.9. The topological polar surface area (TPSA) is 101 Å². The van der Waals surface area contributed by atoms with Crippen LogP contribution >= 0.6 is 0 Å². The van der Waals surface area contributed by atoms with E-state index < -0.39 is 0 Å². The summed E-state index contributed by atoms with van der Waals surface area (Å²) in [4.78, 5) is 23.6. The standard InChI is InChI=1S/C30H29FN6O3/c1-3-28(38)34-24-14-20(15-26(18-24)39-2)29-27(33-22-7-4-6-21(31)16-22)19-32-30(36-29)35-23-8-5-9-25(17-23)37-10-12-40-13-11-37/h3-9,14-19,33H,1,10-13H2,2H3,(H,34,38)(H,32,35,36). The van der Waals surface area contributed by atoms with Crippen molar-refractivity contribution >= 4 is 40.3 Å². The highest BCUT2D eigenvalue weighted by Gasteiger charge is 2.15. The number of ether oxygens (including phenoxy) is 2. The highest BCUT2D eigenvalue weighted by Crippen LogP contribution is 2.34. The molecule has 3 aromatic carbocycles. The van der Waals surface area contributed by atoms with Gasteiger partial charge in [0.2, 0.25) is 11.9 Å². The first kappa shape index (κ1) is 26.6. The van der Waals surface area contributed by atoms with Crippen molar-refractivity contribution in [1.82, 2.24) is 9.97 Å².